The number of halogens is 1. The number of hydrogen-bond donors (Lipinski definition) is 1. The number of rotatable bonds is 3. The first-order valence-electron chi connectivity index (χ1n) is 7.03. The topological polar surface area (TPSA) is 15.3 Å². The Morgan fingerprint density at radius 2 is 2.28 bits per heavy atom. The number of nitrogens with zero attached hydrogens (tertiary/aromatic N) is 1. The minimum absolute atomic E-state index is 0.723. The molecule has 4 heteroatoms. The fourth-order valence-corrected chi connectivity index (χ4v) is 4.44. The van der Waals surface area contributed by atoms with E-state index < -0.39 is 0 Å². The average molecular weight is 285 g/mol. The SMILES string of the molecule is Clc1csc(CN2CCCCC2C2CCCN2)c1. The summed E-state index contributed by atoms with van der Waals surface area (Å²) >= 11 is 7.81. The number of thiophene rings is 1. The minimum atomic E-state index is 0.723. The first kappa shape index (κ1) is 12.9. The molecule has 2 aliphatic rings. The molecule has 0 amide bonds. The van der Waals surface area contributed by atoms with E-state index in [0.29, 0.717) is 0 Å². The van der Waals surface area contributed by atoms with E-state index in [1.807, 2.05) is 5.38 Å². The van der Waals surface area contributed by atoms with Crippen LogP contribution < -0.4 is 5.32 Å². The van der Waals surface area contributed by atoms with E-state index in [9.17, 15) is 0 Å². The zero-order chi connectivity index (χ0) is 12.4. The zero-order valence-corrected chi connectivity index (χ0v) is 12.3. The van der Waals surface area contributed by atoms with E-state index in [1.54, 1.807) is 11.3 Å². The molecule has 18 heavy (non-hydrogen) atoms. The molecule has 2 aliphatic heterocycles. The molecule has 2 atom stereocenters. The average Bonchev–Trinajstić information content (AvgIpc) is 3.02. The van der Waals surface area contributed by atoms with Gasteiger partial charge in [-0.25, -0.2) is 0 Å². The number of likely N-dealkylation sites (tertiary alicyclic amines) is 1. The van der Waals surface area contributed by atoms with Crippen LogP contribution in [0.1, 0.15) is 37.0 Å². The molecule has 0 saturated carbocycles. The molecule has 2 fully saturated rings. The van der Waals surface area contributed by atoms with Crippen LogP contribution in [0.25, 0.3) is 0 Å². The standard InChI is InChI=1S/C14H21ClN2S/c15-11-8-12(18-10-11)9-17-7-2-1-5-14(17)13-4-3-6-16-13/h8,10,13-14,16H,1-7,9H2. The van der Waals surface area contributed by atoms with Gasteiger partial charge < -0.3 is 5.32 Å². The van der Waals surface area contributed by atoms with Crippen molar-refractivity contribution in [1.82, 2.24) is 10.2 Å². The van der Waals surface area contributed by atoms with Gasteiger partial charge >= 0.3 is 0 Å². The summed E-state index contributed by atoms with van der Waals surface area (Å²) in [6.07, 6.45) is 6.80. The van der Waals surface area contributed by atoms with Gasteiger partial charge in [-0.2, -0.15) is 0 Å². The molecule has 1 aromatic rings. The Balaban J connectivity index is 1.67. The van der Waals surface area contributed by atoms with Crippen molar-refractivity contribution >= 4 is 22.9 Å². The highest BCUT2D eigenvalue weighted by Crippen LogP contribution is 2.28. The highest BCUT2D eigenvalue weighted by atomic mass is 35.5. The number of piperidine rings is 1. The summed E-state index contributed by atoms with van der Waals surface area (Å²) < 4.78 is 0. The Morgan fingerprint density at radius 1 is 1.33 bits per heavy atom. The Morgan fingerprint density at radius 3 is 3.00 bits per heavy atom. The number of nitrogens with one attached hydrogen (secondary N) is 1. The van der Waals surface area contributed by atoms with E-state index >= 15 is 0 Å². The van der Waals surface area contributed by atoms with Crippen LogP contribution in [-0.4, -0.2) is 30.1 Å². The molecule has 0 aromatic carbocycles. The first-order chi connectivity index (χ1) is 8.83. The summed E-state index contributed by atoms with van der Waals surface area (Å²) in [5.41, 5.74) is 0. The van der Waals surface area contributed by atoms with Crippen molar-refractivity contribution in [2.75, 3.05) is 13.1 Å². The maximum atomic E-state index is 6.02. The molecule has 1 N–H and O–H groups in total. The summed E-state index contributed by atoms with van der Waals surface area (Å²) in [7, 11) is 0. The molecule has 1 aromatic heterocycles. The molecule has 2 nitrogen and oxygen atoms in total. The van der Waals surface area contributed by atoms with Crippen LogP contribution in [-0.2, 0) is 6.54 Å². The monoisotopic (exact) mass is 284 g/mol. The van der Waals surface area contributed by atoms with Crippen molar-refractivity contribution in [3.05, 3.63) is 21.3 Å². The first-order valence-corrected chi connectivity index (χ1v) is 8.29. The molecule has 0 spiro atoms. The van der Waals surface area contributed by atoms with Gasteiger partial charge in [-0.15, -0.1) is 11.3 Å². The van der Waals surface area contributed by atoms with Gasteiger partial charge in [0.05, 0.1) is 5.02 Å². The van der Waals surface area contributed by atoms with E-state index in [0.717, 1.165) is 23.7 Å². The van der Waals surface area contributed by atoms with Gasteiger partial charge in [0.2, 0.25) is 0 Å². The molecule has 2 saturated heterocycles. The Bertz CT molecular complexity index is 387. The second-order valence-electron chi connectivity index (χ2n) is 5.47. The van der Waals surface area contributed by atoms with Gasteiger partial charge in [0.15, 0.2) is 0 Å². The maximum Gasteiger partial charge on any atom is 0.0516 e. The lowest BCUT2D eigenvalue weighted by Gasteiger charge is -2.39. The summed E-state index contributed by atoms with van der Waals surface area (Å²) in [6, 6.07) is 3.59. The van der Waals surface area contributed by atoms with Gasteiger partial charge in [-0.3, -0.25) is 4.90 Å². The van der Waals surface area contributed by atoms with Crippen LogP contribution in [0.4, 0.5) is 0 Å². The lowest BCUT2D eigenvalue weighted by molar-refractivity contribution is 0.113. The Labute approximate surface area is 118 Å². The van der Waals surface area contributed by atoms with Crippen molar-refractivity contribution in [2.24, 2.45) is 0 Å². The molecule has 0 aliphatic carbocycles. The van der Waals surface area contributed by atoms with Gasteiger partial charge in [-0.1, -0.05) is 18.0 Å². The third kappa shape index (κ3) is 2.90. The second kappa shape index (κ2) is 5.91. The largest absolute Gasteiger partial charge is 0.312 e. The molecular formula is C14H21ClN2S. The quantitative estimate of drug-likeness (QED) is 0.914. The minimum Gasteiger partial charge on any atom is -0.312 e. The predicted octanol–water partition coefficient (Wildman–Crippen LogP) is 3.51. The second-order valence-corrected chi connectivity index (χ2v) is 6.90. The Kier molecular flexibility index (Phi) is 4.24. The molecule has 3 heterocycles. The molecular weight excluding hydrogens is 264 g/mol. The molecule has 0 radical (unpaired) electrons. The van der Waals surface area contributed by atoms with Gasteiger partial charge in [0.1, 0.15) is 0 Å². The van der Waals surface area contributed by atoms with E-state index in [1.165, 1.54) is 50.1 Å². The normalized spacial score (nSPS) is 29.8. The van der Waals surface area contributed by atoms with Crippen molar-refractivity contribution in [1.29, 1.82) is 0 Å². The van der Waals surface area contributed by atoms with Crippen molar-refractivity contribution < 1.29 is 0 Å². The molecule has 2 unspecified atom stereocenters. The van der Waals surface area contributed by atoms with Crippen molar-refractivity contribution in [2.45, 2.75) is 50.7 Å². The zero-order valence-electron chi connectivity index (χ0n) is 10.7. The molecule has 100 valence electrons. The lowest BCUT2D eigenvalue weighted by atomic mass is 9.94. The van der Waals surface area contributed by atoms with Gasteiger partial charge in [0.25, 0.3) is 0 Å². The van der Waals surface area contributed by atoms with Crippen LogP contribution >= 0.6 is 22.9 Å². The third-order valence-corrected chi connectivity index (χ3v) is 5.48. The fraction of sp³-hybridized carbons (Fsp3) is 0.714. The summed E-state index contributed by atoms with van der Waals surface area (Å²) in [5.74, 6) is 0. The van der Waals surface area contributed by atoms with E-state index in [2.05, 4.69) is 16.3 Å². The van der Waals surface area contributed by atoms with Gasteiger partial charge in [0, 0.05) is 28.9 Å². The maximum absolute atomic E-state index is 6.02. The lowest BCUT2D eigenvalue weighted by Crippen LogP contribution is -2.49. The van der Waals surface area contributed by atoms with Gasteiger partial charge in [-0.05, 0) is 44.8 Å². The smallest absolute Gasteiger partial charge is 0.0516 e. The molecule has 0 bridgehead atoms. The van der Waals surface area contributed by atoms with Crippen LogP contribution in [0.2, 0.25) is 5.02 Å². The summed E-state index contributed by atoms with van der Waals surface area (Å²) in [5, 5.41) is 6.62. The molecule has 3 rings (SSSR count). The van der Waals surface area contributed by atoms with Crippen LogP contribution in [0.3, 0.4) is 0 Å². The van der Waals surface area contributed by atoms with E-state index in [4.69, 9.17) is 11.6 Å². The van der Waals surface area contributed by atoms with Crippen LogP contribution in [0.5, 0.6) is 0 Å². The highest BCUT2D eigenvalue weighted by molar-refractivity contribution is 7.10. The predicted molar refractivity (Wildman–Crippen MR) is 78.4 cm³/mol. The summed E-state index contributed by atoms with van der Waals surface area (Å²) in [4.78, 5) is 4.08. The van der Waals surface area contributed by atoms with E-state index in [-0.39, 0.29) is 0 Å². The van der Waals surface area contributed by atoms with Crippen LogP contribution in [0, 0.1) is 0 Å². The summed E-state index contributed by atoms with van der Waals surface area (Å²) in [6.45, 7) is 3.54. The highest BCUT2D eigenvalue weighted by Gasteiger charge is 2.31. The van der Waals surface area contributed by atoms with Crippen molar-refractivity contribution in [3.8, 4) is 0 Å². The fourth-order valence-electron chi connectivity index (χ4n) is 3.35. The van der Waals surface area contributed by atoms with Crippen LogP contribution in [0.15, 0.2) is 11.4 Å². The Hall–Kier alpha value is -0.0900. The third-order valence-electron chi connectivity index (χ3n) is 4.21. The van der Waals surface area contributed by atoms with Crippen molar-refractivity contribution in [3.63, 3.8) is 0 Å². The number of hydrogen-bond acceptors (Lipinski definition) is 3.